The lowest BCUT2D eigenvalue weighted by atomic mass is 10.1. The van der Waals surface area contributed by atoms with Gasteiger partial charge in [0.15, 0.2) is 5.96 Å². The first-order valence-corrected chi connectivity index (χ1v) is 6.89. The van der Waals surface area contributed by atoms with Gasteiger partial charge >= 0.3 is 6.18 Å². The first kappa shape index (κ1) is 18.5. The molecule has 0 aliphatic heterocycles. The Morgan fingerprint density at radius 1 is 1.17 bits per heavy atom. The van der Waals surface area contributed by atoms with Gasteiger partial charge in [-0.25, -0.2) is 0 Å². The van der Waals surface area contributed by atoms with Crippen molar-refractivity contribution in [3.63, 3.8) is 0 Å². The van der Waals surface area contributed by atoms with E-state index in [1.54, 1.807) is 13.1 Å². The quantitative estimate of drug-likeness (QED) is 0.323. The molecule has 1 aromatic rings. The highest BCUT2D eigenvalue weighted by molar-refractivity contribution is 5.94. The predicted octanol–water partition coefficient (Wildman–Crippen LogP) is 1.79. The molecule has 0 spiro atoms. The van der Waals surface area contributed by atoms with Crippen LogP contribution in [0.1, 0.15) is 15.9 Å². The zero-order valence-electron chi connectivity index (χ0n) is 12.7. The maximum atomic E-state index is 12.4. The summed E-state index contributed by atoms with van der Waals surface area (Å²) in [6.45, 7) is 4.84. The average molecular weight is 328 g/mol. The van der Waals surface area contributed by atoms with Gasteiger partial charge < -0.3 is 16.0 Å². The molecule has 126 valence electrons. The lowest BCUT2D eigenvalue weighted by molar-refractivity contribution is -0.137. The van der Waals surface area contributed by atoms with Crippen molar-refractivity contribution in [3.05, 3.63) is 48.0 Å². The zero-order chi connectivity index (χ0) is 17.3. The van der Waals surface area contributed by atoms with Crippen molar-refractivity contribution in [2.45, 2.75) is 6.18 Å². The predicted molar refractivity (Wildman–Crippen MR) is 83.3 cm³/mol. The number of halogens is 3. The summed E-state index contributed by atoms with van der Waals surface area (Å²) in [6, 6.07) is 4.06. The molecule has 0 aliphatic carbocycles. The molecule has 0 fully saturated rings. The number of carbonyl (C=O) groups is 1. The SMILES string of the molecule is C=CCNC(=NC)NCCNC(=O)c1ccc(C(F)(F)F)cc1. The number of aliphatic imine (C=N–C) groups is 1. The molecule has 0 aliphatic rings. The molecule has 23 heavy (non-hydrogen) atoms. The lowest BCUT2D eigenvalue weighted by Gasteiger charge is -2.11. The van der Waals surface area contributed by atoms with Gasteiger partial charge in [-0.05, 0) is 24.3 Å². The Bertz CT molecular complexity index is 553. The van der Waals surface area contributed by atoms with Crippen LogP contribution in [0.15, 0.2) is 41.9 Å². The molecule has 0 bridgehead atoms. The molecule has 1 rings (SSSR count). The number of benzene rings is 1. The molecule has 0 saturated carbocycles. The fourth-order valence-corrected chi connectivity index (χ4v) is 1.66. The fourth-order valence-electron chi connectivity index (χ4n) is 1.66. The smallest absolute Gasteiger partial charge is 0.355 e. The van der Waals surface area contributed by atoms with Gasteiger partial charge in [0.25, 0.3) is 5.91 Å². The van der Waals surface area contributed by atoms with Gasteiger partial charge in [0.05, 0.1) is 5.56 Å². The van der Waals surface area contributed by atoms with E-state index < -0.39 is 17.6 Å². The van der Waals surface area contributed by atoms with Crippen molar-refractivity contribution in [3.8, 4) is 0 Å². The minimum Gasteiger partial charge on any atom is -0.355 e. The van der Waals surface area contributed by atoms with E-state index in [0.717, 1.165) is 24.3 Å². The maximum absolute atomic E-state index is 12.4. The number of hydrogen-bond donors (Lipinski definition) is 3. The van der Waals surface area contributed by atoms with Crippen molar-refractivity contribution >= 4 is 11.9 Å². The molecule has 3 N–H and O–H groups in total. The van der Waals surface area contributed by atoms with Crippen molar-refractivity contribution in [1.82, 2.24) is 16.0 Å². The van der Waals surface area contributed by atoms with Gasteiger partial charge in [0.2, 0.25) is 0 Å². The van der Waals surface area contributed by atoms with Gasteiger partial charge in [-0.1, -0.05) is 6.08 Å². The van der Waals surface area contributed by atoms with Crippen LogP contribution >= 0.6 is 0 Å². The van der Waals surface area contributed by atoms with Gasteiger partial charge in [0, 0.05) is 32.2 Å². The summed E-state index contributed by atoms with van der Waals surface area (Å²) in [7, 11) is 1.61. The number of guanidine groups is 1. The van der Waals surface area contributed by atoms with Crippen LogP contribution < -0.4 is 16.0 Å². The molecule has 0 radical (unpaired) electrons. The average Bonchev–Trinajstić information content (AvgIpc) is 2.53. The van der Waals surface area contributed by atoms with E-state index in [0.29, 0.717) is 25.6 Å². The van der Waals surface area contributed by atoms with E-state index in [1.165, 1.54) is 0 Å². The van der Waals surface area contributed by atoms with Crippen LogP contribution in [0.5, 0.6) is 0 Å². The molecule has 8 heteroatoms. The minimum atomic E-state index is -4.41. The Balaban J connectivity index is 2.41. The standard InChI is InChI=1S/C15H19F3N4O/c1-3-8-21-14(19-2)22-10-9-20-13(23)11-4-6-12(7-5-11)15(16,17)18/h3-7H,1,8-10H2,2H3,(H,20,23)(H2,19,21,22). The van der Waals surface area contributed by atoms with E-state index in [1.807, 2.05) is 0 Å². The molecule has 0 aromatic heterocycles. The number of hydrogen-bond acceptors (Lipinski definition) is 2. The monoisotopic (exact) mass is 328 g/mol. The van der Waals surface area contributed by atoms with Gasteiger partial charge in [-0.2, -0.15) is 13.2 Å². The van der Waals surface area contributed by atoms with E-state index in [4.69, 9.17) is 0 Å². The van der Waals surface area contributed by atoms with Gasteiger partial charge in [0.1, 0.15) is 0 Å². The van der Waals surface area contributed by atoms with Crippen LogP contribution in [-0.4, -0.2) is 38.5 Å². The van der Waals surface area contributed by atoms with Crippen molar-refractivity contribution < 1.29 is 18.0 Å². The van der Waals surface area contributed by atoms with Crippen LogP contribution in [0, 0.1) is 0 Å². The fraction of sp³-hybridized carbons (Fsp3) is 0.333. The molecule has 0 saturated heterocycles. The number of carbonyl (C=O) groups excluding carboxylic acids is 1. The van der Waals surface area contributed by atoms with Crippen LogP contribution in [0.25, 0.3) is 0 Å². The normalized spacial score (nSPS) is 11.7. The van der Waals surface area contributed by atoms with Crippen LogP contribution in [0.3, 0.4) is 0 Å². The van der Waals surface area contributed by atoms with Crippen LogP contribution in [-0.2, 0) is 6.18 Å². The largest absolute Gasteiger partial charge is 0.416 e. The number of nitrogens with one attached hydrogen (secondary N) is 3. The van der Waals surface area contributed by atoms with Crippen LogP contribution in [0.4, 0.5) is 13.2 Å². The second-order valence-corrected chi connectivity index (χ2v) is 4.50. The molecular formula is C15H19F3N4O. The molecule has 0 atom stereocenters. The molecular weight excluding hydrogens is 309 g/mol. The summed E-state index contributed by atoms with van der Waals surface area (Å²) in [6.07, 6.45) is -2.73. The van der Waals surface area contributed by atoms with E-state index in [9.17, 15) is 18.0 Å². The first-order valence-electron chi connectivity index (χ1n) is 6.89. The number of amides is 1. The highest BCUT2D eigenvalue weighted by Gasteiger charge is 2.30. The Morgan fingerprint density at radius 3 is 2.30 bits per heavy atom. The van der Waals surface area contributed by atoms with Crippen molar-refractivity contribution in [2.24, 2.45) is 4.99 Å². The number of alkyl halides is 3. The summed E-state index contributed by atoms with van der Waals surface area (Å²) >= 11 is 0. The summed E-state index contributed by atoms with van der Waals surface area (Å²) in [5.41, 5.74) is -0.611. The first-order chi connectivity index (χ1) is 10.9. The number of nitrogens with zero attached hydrogens (tertiary/aromatic N) is 1. The molecule has 1 amide bonds. The minimum absolute atomic E-state index is 0.173. The van der Waals surface area contributed by atoms with E-state index in [-0.39, 0.29) is 5.56 Å². The lowest BCUT2D eigenvalue weighted by Crippen LogP contribution is -2.41. The Labute approximate surface area is 132 Å². The second-order valence-electron chi connectivity index (χ2n) is 4.50. The van der Waals surface area contributed by atoms with Gasteiger partial charge in [-0.3, -0.25) is 9.79 Å². The Kier molecular flexibility index (Phi) is 7.11. The summed E-state index contributed by atoms with van der Waals surface area (Å²) < 4.78 is 37.3. The molecule has 5 nitrogen and oxygen atoms in total. The van der Waals surface area contributed by atoms with Crippen molar-refractivity contribution in [1.29, 1.82) is 0 Å². The highest BCUT2D eigenvalue weighted by Crippen LogP contribution is 2.28. The Morgan fingerprint density at radius 2 is 1.78 bits per heavy atom. The van der Waals surface area contributed by atoms with E-state index >= 15 is 0 Å². The number of rotatable bonds is 6. The van der Waals surface area contributed by atoms with Crippen LogP contribution in [0.2, 0.25) is 0 Å². The molecule has 0 heterocycles. The Hall–Kier alpha value is -2.51. The van der Waals surface area contributed by atoms with E-state index in [2.05, 4.69) is 27.5 Å². The molecule has 1 aromatic carbocycles. The summed E-state index contributed by atoms with van der Waals surface area (Å²) in [5, 5.41) is 8.54. The van der Waals surface area contributed by atoms with Gasteiger partial charge in [-0.15, -0.1) is 6.58 Å². The summed E-state index contributed by atoms with van der Waals surface area (Å²) in [4.78, 5) is 15.8. The second kappa shape index (κ2) is 8.82. The topological polar surface area (TPSA) is 65.5 Å². The molecule has 0 unspecified atom stereocenters. The third-order valence-electron chi connectivity index (χ3n) is 2.81. The summed E-state index contributed by atoms with van der Waals surface area (Å²) in [5.74, 6) is 0.128. The zero-order valence-corrected chi connectivity index (χ0v) is 12.7. The van der Waals surface area contributed by atoms with Crippen molar-refractivity contribution in [2.75, 3.05) is 26.7 Å². The maximum Gasteiger partial charge on any atom is 0.416 e. The third kappa shape index (κ3) is 6.41. The highest BCUT2D eigenvalue weighted by atomic mass is 19.4. The third-order valence-corrected chi connectivity index (χ3v) is 2.81.